The quantitative estimate of drug-likeness (QED) is 0.587. The molecule has 1 aromatic rings. The molecule has 3 amide bonds. The molecule has 0 aliphatic rings. The van der Waals surface area contributed by atoms with Crippen molar-refractivity contribution in [2.24, 2.45) is 5.73 Å². The fourth-order valence-corrected chi connectivity index (χ4v) is 1.42. The van der Waals surface area contributed by atoms with E-state index in [1.165, 1.54) is 6.92 Å². The van der Waals surface area contributed by atoms with Crippen molar-refractivity contribution in [3.8, 4) is 0 Å². The number of amides is 3. The molecule has 0 aliphatic heterocycles. The number of aliphatic hydroxyl groups excluding tert-OH is 1. The highest BCUT2D eigenvalue weighted by molar-refractivity contribution is 5.86. The van der Waals surface area contributed by atoms with Crippen LogP contribution in [0.3, 0.4) is 0 Å². The summed E-state index contributed by atoms with van der Waals surface area (Å²) in [6.07, 6.45) is -0.782. The Morgan fingerprint density at radius 3 is 2.50 bits per heavy atom. The van der Waals surface area contributed by atoms with Gasteiger partial charge in [0.2, 0.25) is 5.91 Å². The molecule has 0 bridgehead atoms. The molecule has 1 rings (SSSR count). The van der Waals surface area contributed by atoms with Crippen molar-refractivity contribution in [3.05, 3.63) is 35.9 Å². The Bertz CT molecular complexity index is 408. The van der Waals surface area contributed by atoms with Crippen molar-refractivity contribution in [3.63, 3.8) is 0 Å². The van der Waals surface area contributed by atoms with Crippen LogP contribution in [0.5, 0.6) is 0 Å². The summed E-state index contributed by atoms with van der Waals surface area (Å²) >= 11 is 0. The van der Waals surface area contributed by atoms with Gasteiger partial charge in [-0.05, 0) is 12.5 Å². The highest BCUT2D eigenvalue weighted by Crippen LogP contribution is 2.10. The lowest BCUT2D eigenvalue weighted by molar-refractivity contribution is -0.123. The molecule has 0 saturated heterocycles. The summed E-state index contributed by atoms with van der Waals surface area (Å²) in [6, 6.07) is 7.49. The van der Waals surface area contributed by atoms with Gasteiger partial charge in [-0.1, -0.05) is 30.3 Å². The molecule has 0 aliphatic carbocycles. The van der Waals surface area contributed by atoms with E-state index < -0.39 is 24.1 Å². The van der Waals surface area contributed by atoms with E-state index in [0.717, 1.165) is 0 Å². The molecule has 98 valence electrons. The summed E-state index contributed by atoms with van der Waals surface area (Å²) in [7, 11) is 0. The second-order valence-electron chi connectivity index (χ2n) is 3.90. The van der Waals surface area contributed by atoms with E-state index in [-0.39, 0.29) is 6.54 Å². The maximum Gasteiger partial charge on any atom is 0.312 e. The van der Waals surface area contributed by atoms with Gasteiger partial charge in [-0.25, -0.2) is 4.79 Å². The molecule has 5 N–H and O–H groups in total. The Kier molecular flexibility index (Phi) is 5.13. The standard InChI is InChI=1S/C12H17N3O3/c1-8(15-12(13)18)11(17)14-7-10(16)9-5-3-2-4-6-9/h2-6,8,10,16H,7H2,1H3,(H,14,17)(H3,13,15,18). The Morgan fingerprint density at radius 2 is 1.94 bits per heavy atom. The van der Waals surface area contributed by atoms with Crippen molar-refractivity contribution in [2.75, 3.05) is 6.54 Å². The van der Waals surface area contributed by atoms with Gasteiger partial charge in [0.1, 0.15) is 6.04 Å². The molecule has 6 nitrogen and oxygen atoms in total. The number of urea groups is 1. The summed E-state index contributed by atoms with van der Waals surface area (Å²) in [4.78, 5) is 22.1. The number of hydrogen-bond acceptors (Lipinski definition) is 3. The Morgan fingerprint density at radius 1 is 1.33 bits per heavy atom. The maximum absolute atomic E-state index is 11.5. The van der Waals surface area contributed by atoms with Crippen LogP contribution in [0.2, 0.25) is 0 Å². The highest BCUT2D eigenvalue weighted by Gasteiger charge is 2.15. The predicted molar refractivity (Wildman–Crippen MR) is 66.6 cm³/mol. The Balaban J connectivity index is 2.41. The van der Waals surface area contributed by atoms with Crippen LogP contribution < -0.4 is 16.4 Å². The van der Waals surface area contributed by atoms with E-state index in [9.17, 15) is 14.7 Å². The number of rotatable bonds is 5. The molecule has 0 spiro atoms. The van der Waals surface area contributed by atoms with Gasteiger partial charge in [0.05, 0.1) is 6.10 Å². The first kappa shape index (κ1) is 14.0. The van der Waals surface area contributed by atoms with E-state index in [0.29, 0.717) is 5.56 Å². The van der Waals surface area contributed by atoms with Gasteiger partial charge in [-0.3, -0.25) is 4.79 Å². The van der Waals surface area contributed by atoms with Crippen LogP contribution >= 0.6 is 0 Å². The molecule has 18 heavy (non-hydrogen) atoms. The summed E-state index contributed by atoms with van der Waals surface area (Å²) in [5.41, 5.74) is 5.61. The lowest BCUT2D eigenvalue weighted by Gasteiger charge is -2.15. The molecule has 0 heterocycles. The average molecular weight is 251 g/mol. The second-order valence-corrected chi connectivity index (χ2v) is 3.90. The van der Waals surface area contributed by atoms with Gasteiger partial charge in [0.25, 0.3) is 0 Å². The van der Waals surface area contributed by atoms with Crippen LogP contribution in [-0.2, 0) is 4.79 Å². The summed E-state index contributed by atoms with van der Waals surface area (Å²) in [6.45, 7) is 1.59. The SMILES string of the molecule is CC(NC(N)=O)C(=O)NCC(O)c1ccccc1. The molecule has 1 aromatic carbocycles. The molecular formula is C12H17N3O3. The number of hydrogen-bond donors (Lipinski definition) is 4. The molecule has 2 atom stereocenters. The van der Waals surface area contributed by atoms with Crippen LogP contribution in [0, 0.1) is 0 Å². The predicted octanol–water partition coefficient (Wildman–Crippen LogP) is -0.107. The number of aliphatic hydroxyl groups is 1. The lowest BCUT2D eigenvalue weighted by atomic mass is 10.1. The van der Waals surface area contributed by atoms with Gasteiger partial charge in [0.15, 0.2) is 0 Å². The lowest BCUT2D eigenvalue weighted by Crippen LogP contribution is -2.47. The van der Waals surface area contributed by atoms with Gasteiger partial charge in [-0.2, -0.15) is 0 Å². The van der Waals surface area contributed by atoms with E-state index >= 15 is 0 Å². The third-order valence-electron chi connectivity index (χ3n) is 2.41. The first-order valence-corrected chi connectivity index (χ1v) is 5.57. The molecule has 0 radical (unpaired) electrons. The summed E-state index contributed by atoms with van der Waals surface area (Å²) in [5.74, 6) is -0.399. The van der Waals surface area contributed by atoms with Crippen LogP contribution in [0.25, 0.3) is 0 Å². The number of carbonyl (C=O) groups excluding carboxylic acids is 2. The number of primary amides is 1. The molecule has 0 saturated carbocycles. The van der Waals surface area contributed by atoms with E-state index in [4.69, 9.17) is 5.73 Å². The van der Waals surface area contributed by atoms with Gasteiger partial charge >= 0.3 is 6.03 Å². The van der Waals surface area contributed by atoms with E-state index in [2.05, 4.69) is 10.6 Å². The molecule has 0 aromatic heterocycles. The normalized spacial score (nSPS) is 13.4. The third-order valence-corrected chi connectivity index (χ3v) is 2.41. The van der Waals surface area contributed by atoms with Gasteiger partial charge in [0, 0.05) is 6.54 Å². The van der Waals surface area contributed by atoms with Crippen LogP contribution in [-0.4, -0.2) is 29.6 Å². The number of carbonyl (C=O) groups is 2. The number of nitrogens with two attached hydrogens (primary N) is 1. The zero-order chi connectivity index (χ0) is 13.5. The third kappa shape index (κ3) is 4.42. The highest BCUT2D eigenvalue weighted by atomic mass is 16.3. The topological polar surface area (TPSA) is 104 Å². The first-order chi connectivity index (χ1) is 8.50. The monoisotopic (exact) mass is 251 g/mol. The molecular weight excluding hydrogens is 234 g/mol. The maximum atomic E-state index is 11.5. The second kappa shape index (κ2) is 6.61. The van der Waals surface area contributed by atoms with Gasteiger partial charge < -0.3 is 21.5 Å². The molecule has 0 fully saturated rings. The molecule has 2 unspecified atom stereocenters. The van der Waals surface area contributed by atoms with Crippen molar-refractivity contribution in [2.45, 2.75) is 19.1 Å². The van der Waals surface area contributed by atoms with Crippen LogP contribution in [0.4, 0.5) is 4.79 Å². The van der Waals surface area contributed by atoms with E-state index in [1.54, 1.807) is 24.3 Å². The van der Waals surface area contributed by atoms with Crippen molar-refractivity contribution >= 4 is 11.9 Å². The fraction of sp³-hybridized carbons (Fsp3) is 0.333. The number of nitrogens with one attached hydrogen (secondary N) is 2. The molecule has 6 heteroatoms. The van der Waals surface area contributed by atoms with Crippen LogP contribution in [0.1, 0.15) is 18.6 Å². The minimum absolute atomic E-state index is 0.0770. The van der Waals surface area contributed by atoms with E-state index in [1.807, 2.05) is 6.07 Å². The minimum Gasteiger partial charge on any atom is -0.387 e. The first-order valence-electron chi connectivity index (χ1n) is 5.57. The smallest absolute Gasteiger partial charge is 0.312 e. The summed E-state index contributed by atoms with van der Waals surface area (Å²) in [5, 5.41) is 14.6. The van der Waals surface area contributed by atoms with Gasteiger partial charge in [-0.15, -0.1) is 0 Å². The fourth-order valence-electron chi connectivity index (χ4n) is 1.42. The average Bonchev–Trinajstić information content (AvgIpc) is 2.35. The number of benzene rings is 1. The Labute approximate surface area is 105 Å². The van der Waals surface area contributed by atoms with Crippen molar-refractivity contribution in [1.82, 2.24) is 10.6 Å². The van der Waals surface area contributed by atoms with Crippen molar-refractivity contribution < 1.29 is 14.7 Å². The zero-order valence-electron chi connectivity index (χ0n) is 10.1. The van der Waals surface area contributed by atoms with Crippen molar-refractivity contribution in [1.29, 1.82) is 0 Å². The largest absolute Gasteiger partial charge is 0.387 e. The minimum atomic E-state index is -0.782. The summed E-state index contributed by atoms with van der Waals surface area (Å²) < 4.78 is 0. The Hall–Kier alpha value is -2.08. The van der Waals surface area contributed by atoms with Crippen LogP contribution in [0.15, 0.2) is 30.3 Å². The zero-order valence-corrected chi connectivity index (χ0v) is 10.1.